The van der Waals surface area contributed by atoms with Gasteiger partial charge in [-0.3, -0.25) is 9.59 Å². The van der Waals surface area contributed by atoms with Crippen molar-refractivity contribution in [3.05, 3.63) is 101 Å². The molecule has 9 heteroatoms. The van der Waals surface area contributed by atoms with Gasteiger partial charge in [-0.05, 0) is 42.5 Å². The minimum absolute atomic E-state index is 0.0389. The third kappa shape index (κ3) is 4.68. The summed E-state index contributed by atoms with van der Waals surface area (Å²) in [6, 6.07) is 21.7. The molecule has 1 fully saturated rings. The lowest BCUT2D eigenvalue weighted by molar-refractivity contribution is -0.134. The van der Waals surface area contributed by atoms with E-state index in [4.69, 9.17) is 4.74 Å². The Kier molecular flexibility index (Phi) is 6.44. The van der Waals surface area contributed by atoms with Gasteiger partial charge in [0.2, 0.25) is 0 Å². The smallest absolute Gasteiger partial charge is 0.359 e. The van der Waals surface area contributed by atoms with E-state index in [-0.39, 0.29) is 23.0 Å². The maximum absolute atomic E-state index is 13.2. The standard InChI is InChI=1S/C27H23FN4O4/c28-19-10-12-20(13-11-19)30-14-16-31(17-15-30)24(33)18-36-27(35)25-22-8-4-5-9-23(22)26(34)32(29-25)21-6-2-1-3-7-21/h1-13H,14-18H2. The average Bonchev–Trinajstić information content (AvgIpc) is 2.93. The molecule has 4 aromatic rings. The van der Waals surface area contributed by atoms with E-state index >= 15 is 0 Å². The first kappa shape index (κ1) is 23.2. The number of para-hydroxylation sites is 1. The molecule has 0 radical (unpaired) electrons. The quantitative estimate of drug-likeness (QED) is 0.403. The van der Waals surface area contributed by atoms with Crippen LogP contribution in [0.5, 0.6) is 0 Å². The Morgan fingerprint density at radius 2 is 1.44 bits per heavy atom. The molecule has 0 aliphatic carbocycles. The Labute approximate surface area is 206 Å². The van der Waals surface area contributed by atoms with Crippen molar-refractivity contribution in [1.82, 2.24) is 14.7 Å². The molecule has 0 saturated carbocycles. The van der Waals surface area contributed by atoms with Crippen molar-refractivity contribution in [2.45, 2.75) is 0 Å². The normalized spacial score (nSPS) is 13.6. The Morgan fingerprint density at radius 3 is 2.14 bits per heavy atom. The highest BCUT2D eigenvalue weighted by molar-refractivity contribution is 6.02. The minimum atomic E-state index is -0.783. The topological polar surface area (TPSA) is 84.7 Å². The number of ether oxygens (including phenoxy) is 1. The second-order valence-electron chi connectivity index (χ2n) is 8.37. The van der Waals surface area contributed by atoms with Crippen LogP contribution < -0.4 is 10.5 Å². The van der Waals surface area contributed by atoms with E-state index in [1.54, 1.807) is 65.6 Å². The summed E-state index contributed by atoms with van der Waals surface area (Å²) in [4.78, 5) is 42.4. The Bertz CT molecular complexity index is 1460. The molecular formula is C27H23FN4O4. The third-order valence-electron chi connectivity index (χ3n) is 6.15. The molecule has 1 amide bonds. The summed E-state index contributed by atoms with van der Waals surface area (Å²) in [5.74, 6) is -1.40. The molecule has 8 nitrogen and oxygen atoms in total. The summed E-state index contributed by atoms with van der Waals surface area (Å²) in [5, 5.41) is 4.97. The summed E-state index contributed by atoms with van der Waals surface area (Å²) in [5.41, 5.74) is 1.00. The molecule has 1 aromatic heterocycles. The third-order valence-corrected chi connectivity index (χ3v) is 6.15. The zero-order chi connectivity index (χ0) is 25.1. The molecule has 0 spiro atoms. The Balaban J connectivity index is 1.28. The minimum Gasteiger partial charge on any atom is -0.451 e. The second-order valence-corrected chi connectivity index (χ2v) is 8.37. The van der Waals surface area contributed by atoms with Gasteiger partial charge >= 0.3 is 5.97 Å². The number of hydrogen-bond acceptors (Lipinski definition) is 6. The van der Waals surface area contributed by atoms with Crippen molar-refractivity contribution in [2.75, 3.05) is 37.7 Å². The molecular weight excluding hydrogens is 463 g/mol. The number of nitrogens with zero attached hydrogens (tertiary/aromatic N) is 4. The van der Waals surface area contributed by atoms with Crippen molar-refractivity contribution in [3.63, 3.8) is 0 Å². The summed E-state index contributed by atoms with van der Waals surface area (Å²) in [7, 11) is 0. The first-order valence-electron chi connectivity index (χ1n) is 11.5. The largest absolute Gasteiger partial charge is 0.451 e. The number of aromatic nitrogens is 2. The molecule has 182 valence electrons. The summed E-state index contributed by atoms with van der Waals surface area (Å²) in [6.45, 7) is 1.64. The molecule has 1 aliphatic heterocycles. The van der Waals surface area contributed by atoms with Crippen LogP contribution in [0.1, 0.15) is 10.5 Å². The number of anilines is 1. The molecule has 0 N–H and O–H groups in total. The number of carbonyl (C=O) groups is 2. The van der Waals surface area contributed by atoms with Crippen LogP contribution in [0.15, 0.2) is 83.7 Å². The maximum Gasteiger partial charge on any atom is 0.359 e. The summed E-state index contributed by atoms with van der Waals surface area (Å²) in [6.07, 6.45) is 0. The van der Waals surface area contributed by atoms with Gasteiger partial charge in [-0.15, -0.1) is 0 Å². The monoisotopic (exact) mass is 486 g/mol. The highest BCUT2D eigenvalue weighted by Crippen LogP contribution is 2.18. The number of carbonyl (C=O) groups excluding carboxylic acids is 2. The molecule has 0 unspecified atom stereocenters. The molecule has 1 aliphatic rings. The lowest BCUT2D eigenvalue weighted by Gasteiger charge is -2.36. The van der Waals surface area contributed by atoms with Gasteiger partial charge in [-0.25, -0.2) is 9.18 Å². The molecule has 5 rings (SSSR count). The fourth-order valence-electron chi connectivity index (χ4n) is 4.24. The van der Waals surface area contributed by atoms with E-state index < -0.39 is 12.6 Å². The zero-order valence-corrected chi connectivity index (χ0v) is 19.3. The first-order valence-corrected chi connectivity index (χ1v) is 11.5. The van der Waals surface area contributed by atoms with Gasteiger partial charge in [0, 0.05) is 37.3 Å². The van der Waals surface area contributed by atoms with Gasteiger partial charge in [-0.1, -0.05) is 36.4 Å². The predicted molar refractivity (Wildman–Crippen MR) is 133 cm³/mol. The number of esters is 1. The Morgan fingerprint density at radius 1 is 0.806 bits per heavy atom. The number of benzene rings is 3. The number of halogens is 1. The fourth-order valence-corrected chi connectivity index (χ4v) is 4.24. The van der Waals surface area contributed by atoms with Crippen LogP contribution in [0, 0.1) is 5.82 Å². The second kappa shape index (κ2) is 9.99. The van der Waals surface area contributed by atoms with Crippen molar-refractivity contribution < 1.29 is 18.7 Å². The van der Waals surface area contributed by atoms with Crippen LogP contribution in [0.4, 0.5) is 10.1 Å². The van der Waals surface area contributed by atoms with Gasteiger partial charge in [-0.2, -0.15) is 9.78 Å². The van der Waals surface area contributed by atoms with E-state index in [1.807, 2.05) is 6.07 Å². The molecule has 0 bridgehead atoms. The van der Waals surface area contributed by atoms with Gasteiger partial charge in [0.05, 0.1) is 11.1 Å². The van der Waals surface area contributed by atoms with Gasteiger partial charge < -0.3 is 14.5 Å². The SMILES string of the molecule is O=C(OCC(=O)N1CCN(c2ccc(F)cc2)CC1)c1nn(-c2ccccc2)c(=O)c2ccccc12. The fraction of sp³-hybridized carbons (Fsp3) is 0.185. The molecule has 36 heavy (non-hydrogen) atoms. The van der Waals surface area contributed by atoms with Gasteiger partial charge in [0.25, 0.3) is 11.5 Å². The first-order chi connectivity index (χ1) is 17.5. The number of piperazine rings is 1. The van der Waals surface area contributed by atoms with Crippen LogP contribution in [-0.4, -0.2) is 59.3 Å². The van der Waals surface area contributed by atoms with Crippen LogP contribution in [-0.2, 0) is 9.53 Å². The lowest BCUT2D eigenvalue weighted by atomic mass is 10.1. The molecule has 2 heterocycles. The van der Waals surface area contributed by atoms with E-state index in [0.717, 1.165) is 10.4 Å². The molecule has 0 atom stereocenters. The van der Waals surface area contributed by atoms with E-state index in [0.29, 0.717) is 42.6 Å². The van der Waals surface area contributed by atoms with Crippen molar-refractivity contribution in [2.24, 2.45) is 0 Å². The van der Waals surface area contributed by atoms with Gasteiger partial charge in [0.15, 0.2) is 12.3 Å². The molecule has 1 saturated heterocycles. The number of rotatable bonds is 5. The van der Waals surface area contributed by atoms with Crippen molar-refractivity contribution >= 4 is 28.3 Å². The van der Waals surface area contributed by atoms with Crippen LogP contribution in [0.25, 0.3) is 16.5 Å². The summed E-state index contributed by atoms with van der Waals surface area (Å²) >= 11 is 0. The zero-order valence-electron chi connectivity index (χ0n) is 19.3. The highest BCUT2D eigenvalue weighted by atomic mass is 19.1. The van der Waals surface area contributed by atoms with E-state index in [9.17, 15) is 18.8 Å². The average molecular weight is 487 g/mol. The lowest BCUT2D eigenvalue weighted by Crippen LogP contribution is -2.50. The van der Waals surface area contributed by atoms with Crippen LogP contribution in [0.2, 0.25) is 0 Å². The van der Waals surface area contributed by atoms with Crippen LogP contribution in [0.3, 0.4) is 0 Å². The maximum atomic E-state index is 13.2. The van der Waals surface area contributed by atoms with Crippen LogP contribution >= 0.6 is 0 Å². The van der Waals surface area contributed by atoms with Crippen molar-refractivity contribution in [3.8, 4) is 5.69 Å². The highest BCUT2D eigenvalue weighted by Gasteiger charge is 2.24. The Hall–Kier alpha value is -4.53. The van der Waals surface area contributed by atoms with E-state index in [1.165, 1.54) is 12.1 Å². The van der Waals surface area contributed by atoms with Crippen molar-refractivity contribution in [1.29, 1.82) is 0 Å². The summed E-state index contributed by atoms with van der Waals surface area (Å²) < 4.78 is 19.7. The van der Waals surface area contributed by atoms with Gasteiger partial charge in [0.1, 0.15) is 5.82 Å². The predicted octanol–water partition coefficient (Wildman–Crippen LogP) is 3.03. The number of fused-ring (bicyclic) bond motifs is 1. The molecule has 3 aromatic carbocycles. The number of amides is 1. The van der Waals surface area contributed by atoms with E-state index in [2.05, 4.69) is 10.00 Å². The number of hydrogen-bond donors (Lipinski definition) is 0.